The van der Waals surface area contributed by atoms with Crippen LogP contribution in [0.4, 0.5) is 4.79 Å². The highest BCUT2D eigenvalue weighted by Crippen LogP contribution is 2.14. The number of amides is 2. The molecular formula is C14H22N4O2. The lowest BCUT2D eigenvalue weighted by Gasteiger charge is -2.16. The van der Waals surface area contributed by atoms with Crippen molar-refractivity contribution in [3.63, 3.8) is 0 Å². The molecule has 1 aliphatic rings. The molecule has 0 spiro atoms. The maximum absolute atomic E-state index is 11.3. The molecule has 0 aromatic carbocycles. The predicted molar refractivity (Wildman–Crippen MR) is 76.7 cm³/mol. The van der Waals surface area contributed by atoms with E-state index in [1.165, 1.54) is 0 Å². The van der Waals surface area contributed by atoms with Gasteiger partial charge in [0.05, 0.1) is 6.61 Å². The van der Waals surface area contributed by atoms with Crippen LogP contribution < -0.4 is 15.4 Å². The summed E-state index contributed by atoms with van der Waals surface area (Å²) in [6.07, 6.45) is 2.84. The molecule has 1 saturated heterocycles. The lowest BCUT2D eigenvalue weighted by atomic mass is 10.2. The molecule has 1 fully saturated rings. The standard InChI is InChI=1S/C14H22N4O2/c1-3-20-13-5-4-11(8-16-13)9-18-7-6-12(10-18)17-14(19)15-2/h4-5,8,12H,3,6-7,9-10H2,1-2H3,(H2,15,17,19). The highest BCUT2D eigenvalue weighted by molar-refractivity contribution is 5.73. The molecule has 0 bridgehead atoms. The van der Waals surface area contributed by atoms with Crippen molar-refractivity contribution in [2.75, 3.05) is 26.7 Å². The zero-order chi connectivity index (χ0) is 14.4. The normalized spacial score (nSPS) is 18.8. The molecule has 110 valence electrons. The fraction of sp³-hybridized carbons (Fsp3) is 0.571. The van der Waals surface area contributed by atoms with Gasteiger partial charge in [0.1, 0.15) is 0 Å². The second-order valence-electron chi connectivity index (χ2n) is 4.88. The molecule has 1 aliphatic heterocycles. The van der Waals surface area contributed by atoms with E-state index in [-0.39, 0.29) is 12.1 Å². The first-order valence-corrected chi connectivity index (χ1v) is 6.99. The summed E-state index contributed by atoms with van der Waals surface area (Å²) < 4.78 is 5.32. The Labute approximate surface area is 119 Å². The van der Waals surface area contributed by atoms with Crippen LogP contribution in [-0.4, -0.2) is 48.7 Å². The molecule has 6 heteroatoms. The topological polar surface area (TPSA) is 66.5 Å². The summed E-state index contributed by atoms with van der Waals surface area (Å²) in [6.45, 7) is 5.29. The number of nitrogens with one attached hydrogen (secondary N) is 2. The van der Waals surface area contributed by atoms with Crippen molar-refractivity contribution >= 4 is 6.03 Å². The molecule has 1 unspecified atom stereocenters. The Morgan fingerprint density at radius 2 is 2.40 bits per heavy atom. The van der Waals surface area contributed by atoms with Crippen LogP contribution in [0.3, 0.4) is 0 Å². The minimum absolute atomic E-state index is 0.111. The summed E-state index contributed by atoms with van der Waals surface area (Å²) >= 11 is 0. The van der Waals surface area contributed by atoms with Crippen LogP contribution in [0, 0.1) is 0 Å². The van der Waals surface area contributed by atoms with E-state index in [2.05, 4.69) is 20.5 Å². The van der Waals surface area contributed by atoms with Crippen LogP contribution in [-0.2, 0) is 6.54 Å². The Morgan fingerprint density at radius 3 is 3.05 bits per heavy atom. The Kier molecular flexibility index (Phi) is 5.17. The summed E-state index contributed by atoms with van der Waals surface area (Å²) in [6, 6.07) is 4.05. The number of likely N-dealkylation sites (tertiary alicyclic amines) is 1. The maximum atomic E-state index is 11.3. The molecule has 2 rings (SSSR count). The van der Waals surface area contributed by atoms with E-state index in [1.807, 2.05) is 25.3 Å². The first-order valence-electron chi connectivity index (χ1n) is 6.99. The fourth-order valence-corrected chi connectivity index (χ4v) is 2.35. The molecule has 6 nitrogen and oxygen atoms in total. The molecule has 0 aliphatic carbocycles. The number of urea groups is 1. The summed E-state index contributed by atoms with van der Waals surface area (Å²) in [5.41, 5.74) is 1.16. The first-order chi connectivity index (χ1) is 9.71. The average molecular weight is 278 g/mol. The third-order valence-corrected chi connectivity index (χ3v) is 3.33. The molecule has 2 N–H and O–H groups in total. The second kappa shape index (κ2) is 7.09. The van der Waals surface area contributed by atoms with E-state index in [0.29, 0.717) is 12.5 Å². The van der Waals surface area contributed by atoms with Gasteiger partial charge in [-0.1, -0.05) is 6.07 Å². The molecule has 2 heterocycles. The Bertz CT molecular complexity index is 435. The smallest absolute Gasteiger partial charge is 0.314 e. The van der Waals surface area contributed by atoms with Crippen LogP contribution in [0.2, 0.25) is 0 Å². The lowest BCUT2D eigenvalue weighted by Crippen LogP contribution is -2.41. The van der Waals surface area contributed by atoms with Crippen LogP contribution >= 0.6 is 0 Å². The Hall–Kier alpha value is -1.82. The summed E-state index contributed by atoms with van der Waals surface area (Å²) in [7, 11) is 1.63. The van der Waals surface area contributed by atoms with E-state index in [4.69, 9.17) is 4.74 Å². The van der Waals surface area contributed by atoms with Crippen LogP contribution in [0.15, 0.2) is 18.3 Å². The minimum Gasteiger partial charge on any atom is -0.478 e. The number of aromatic nitrogens is 1. The van der Waals surface area contributed by atoms with Gasteiger partial charge in [-0.05, 0) is 18.9 Å². The van der Waals surface area contributed by atoms with Crippen molar-refractivity contribution in [1.29, 1.82) is 0 Å². The number of carbonyl (C=O) groups excluding carboxylic acids is 1. The third kappa shape index (κ3) is 4.09. The van der Waals surface area contributed by atoms with Crippen molar-refractivity contribution in [3.8, 4) is 5.88 Å². The molecular weight excluding hydrogens is 256 g/mol. The SMILES string of the molecule is CCOc1ccc(CN2CCC(NC(=O)NC)C2)cn1. The van der Waals surface area contributed by atoms with Crippen LogP contribution in [0.1, 0.15) is 18.9 Å². The number of hydrogen-bond acceptors (Lipinski definition) is 4. The molecule has 0 radical (unpaired) electrons. The highest BCUT2D eigenvalue weighted by atomic mass is 16.5. The van der Waals surface area contributed by atoms with Gasteiger partial charge >= 0.3 is 6.03 Å². The van der Waals surface area contributed by atoms with Gasteiger partial charge in [0.2, 0.25) is 5.88 Å². The Morgan fingerprint density at radius 1 is 1.55 bits per heavy atom. The molecule has 1 aromatic rings. The summed E-state index contributed by atoms with van der Waals surface area (Å²) in [5, 5.41) is 5.52. The number of pyridine rings is 1. The monoisotopic (exact) mass is 278 g/mol. The van der Waals surface area contributed by atoms with Crippen molar-refractivity contribution in [2.45, 2.75) is 25.9 Å². The van der Waals surface area contributed by atoms with Gasteiger partial charge < -0.3 is 15.4 Å². The van der Waals surface area contributed by atoms with Crippen molar-refractivity contribution in [2.24, 2.45) is 0 Å². The van der Waals surface area contributed by atoms with Crippen molar-refractivity contribution in [1.82, 2.24) is 20.5 Å². The largest absolute Gasteiger partial charge is 0.478 e. The third-order valence-electron chi connectivity index (χ3n) is 3.33. The van der Waals surface area contributed by atoms with E-state index in [1.54, 1.807) is 7.05 Å². The van der Waals surface area contributed by atoms with Crippen LogP contribution in [0.25, 0.3) is 0 Å². The second-order valence-corrected chi connectivity index (χ2v) is 4.88. The molecule has 0 saturated carbocycles. The minimum atomic E-state index is -0.111. The van der Waals surface area contributed by atoms with Gasteiger partial charge in [-0.25, -0.2) is 9.78 Å². The zero-order valence-corrected chi connectivity index (χ0v) is 12.1. The molecule has 20 heavy (non-hydrogen) atoms. The Balaban J connectivity index is 1.81. The van der Waals surface area contributed by atoms with E-state index >= 15 is 0 Å². The number of carbonyl (C=O) groups is 1. The zero-order valence-electron chi connectivity index (χ0n) is 12.1. The van der Waals surface area contributed by atoms with Crippen molar-refractivity contribution in [3.05, 3.63) is 23.9 Å². The van der Waals surface area contributed by atoms with Gasteiger partial charge in [-0.2, -0.15) is 0 Å². The van der Waals surface area contributed by atoms with Gasteiger partial charge in [-0.15, -0.1) is 0 Å². The van der Waals surface area contributed by atoms with E-state index < -0.39 is 0 Å². The van der Waals surface area contributed by atoms with Gasteiger partial charge in [0, 0.05) is 45.0 Å². The summed E-state index contributed by atoms with van der Waals surface area (Å²) in [4.78, 5) is 17.8. The van der Waals surface area contributed by atoms with Gasteiger partial charge in [0.15, 0.2) is 0 Å². The molecule has 2 amide bonds. The number of rotatable bonds is 5. The van der Waals surface area contributed by atoms with E-state index in [9.17, 15) is 4.79 Å². The maximum Gasteiger partial charge on any atom is 0.314 e. The summed E-state index contributed by atoms with van der Waals surface area (Å²) in [5.74, 6) is 0.664. The molecule has 1 aromatic heterocycles. The van der Waals surface area contributed by atoms with Gasteiger partial charge in [0.25, 0.3) is 0 Å². The van der Waals surface area contributed by atoms with Gasteiger partial charge in [-0.3, -0.25) is 4.90 Å². The predicted octanol–water partition coefficient (Wildman–Crippen LogP) is 0.984. The number of ether oxygens (including phenoxy) is 1. The highest BCUT2D eigenvalue weighted by Gasteiger charge is 2.23. The quantitative estimate of drug-likeness (QED) is 0.843. The lowest BCUT2D eigenvalue weighted by molar-refractivity contribution is 0.238. The number of nitrogens with zero attached hydrogens (tertiary/aromatic N) is 2. The molecule has 1 atom stereocenters. The van der Waals surface area contributed by atoms with Crippen LogP contribution in [0.5, 0.6) is 5.88 Å². The first kappa shape index (κ1) is 14.6. The average Bonchev–Trinajstić information content (AvgIpc) is 2.88. The van der Waals surface area contributed by atoms with Crippen molar-refractivity contribution < 1.29 is 9.53 Å². The fourth-order valence-electron chi connectivity index (χ4n) is 2.35. The number of hydrogen-bond donors (Lipinski definition) is 2. The van der Waals surface area contributed by atoms with E-state index in [0.717, 1.165) is 31.6 Å².